The highest BCUT2D eigenvalue weighted by Gasteiger charge is 2.08. The van der Waals surface area contributed by atoms with Crippen molar-refractivity contribution in [2.75, 3.05) is 32.1 Å². The molecular formula is C15H23N3O2. The molecule has 0 saturated carbocycles. The quantitative estimate of drug-likeness (QED) is 0.771. The maximum absolute atomic E-state index is 12.0. The number of hydrogen-bond donors (Lipinski definition) is 2. The van der Waals surface area contributed by atoms with Crippen molar-refractivity contribution in [1.29, 1.82) is 0 Å². The average Bonchev–Trinajstić information content (AvgIpc) is 2.37. The Kier molecular flexibility index (Phi) is 6.03. The fourth-order valence-electron chi connectivity index (χ4n) is 1.96. The molecule has 1 aromatic carbocycles. The fourth-order valence-corrected chi connectivity index (χ4v) is 1.96. The summed E-state index contributed by atoms with van der Waals surface area (Å²) in [5.41, 5.74) is 2.83. The van der Waals surface area contributed by atoms with E-state index in [0.29, 0.717) is 18.7 Å². The van der Waals surface area contributed by atoms with Gasteiger partial charge in [-0.2, -0.15) is 0 Å². The molecule has 0 aromatic heterocycles. The molecule has 5 nitrogen and oxygen atoms in total. The molecule has 0 fully saturated rings. The number of rotatable bonds is 6. The Morgan fingerprint density at radius 3 is 2.35 bits per heavy atom. The van der Waals surface area contributed by atoms with Gasteiger partial charge in [0.2, 0.25) is 5.91 Å². The molecular weight excluding hydrogens is 254 g/mol. The van der Waals surface area contributed by atoms with E-state index >= 15 is 0 Å². The highest BCUT2D eigenvalue weighted by atomic mass is 16.2. The minimum Gasteiger partial charge on any atom is -0.377 e. The van der Waals surface area contributed by atoms with Crippen molar-refractivity contribution in [2.45, 2.75) is 20.3 Å². The summed E-state index contributed by atoms with van der Waals surface area (Å²) in [6.45, 7) is 4.60. The van der Waals surface area contributed by atoms with Gasteiger partial charge in [0.1, 0.15) is 0 Å². The smallest absolute Gasteiger partial charge is 0.251 e. The van der Waals surface area contributed by atoms with Crippen LogP contribution in [0.25, 0.3) is 0 Å². The van der Waals surface area contributed by atoms with E-state index in [1.165, 1.54) is 6.92 Å². The normalized spacial score (nSPS) is 10.0. The van der Waals surface area contributed by atoms with Gasteiger partial charge in [-0.15, -0.1) is 0 Å². The van der Waals surface area contributed by atoms with Gasteiger partial charge in [-0.3, -0.25) is 9.59 Å². The van der Waals surface area contributed by atoms with Gasteiger partial charge in [-0.1, -0.05) is 0 Å². The van der Waals surface area contributed by atoms with Crippen LogP contribution in [-0.4, -0.2) is 39.0 Å². The van der Waals surface area contributed by atoms with E-state index < -0.39 is 0 Å². The van der Waals surface area contributed by atoms with Crippen LogP contribution >= 0.6 is 0 Å². The van der Waals surface area contributed by atoms with Crippen molar-refractivity contribution in [3.63, 3.8) is 0 Å². The van der Waals surface area contributed by atoms with Crippen LogP contribution in [0.15, 0.2) is 18.2 Å². The van der Waals surface area contributed by atoms with Crippen LogP contribution in [-0.2, 0) is 4.79 Å². The first-order valence-electron chi connectivity index (χ1n) is 6.72. The van der Waals surface area contributed by atoms with Crippen molar-refractivity contribution in [2.24, 2.45) is 0 Å². The Bertz CT molecular complexity index is 484. The number of carbonyl (C=O) groups excluding carboxylic acids is 2. The summed E-state index contributed by atoms with van der Waals surface area (Å²) in [7, 11) is 3.95. The predicted octanol–water partition coefficient (Wildman–Crippen LogP) is 1.32. The zero-order valence-corrected chi connectivity index (χ0v) is 12.6. The second kappa shape index (κ2) is 7.53. The summed E-state index contributed by atoms with van der Waals surface area (Å²) in [4.78, 5) is 24.7. The topological polar surface area (TPSA) is 61.4 Å². The van der Waals surface area contributed by atoms with Gasteiger partial charge in [-0.25, -0.2) is 0 Å². The number of benzene rings is 1. The molecule has 0 unspecified atom stereocenters. The summed E-state index contributed by atoms with van der Waals surface area (Å²) in [6, 6.07) is 5.66. The number of anilines is 1. The van der Waals surface area contributed by atoms with Crippen LogP contribution in [0.5, 0.6) is 0 Å². The molecule has 20 heavy (non-hydrogen) atoms. The average molecular weight is 277 g/mol. The molecule has 0 aliphatic carbocycles. The Morgan fingerprint density at radius 1 is 1.15 bits per heavy atom. The van der Waals surface area contributed by atoms with E-state index in [9.17, 15) is 9.59 Å². The molecule has 0 spiro atoms. The van der Waals surface area contributed by atoms with Crippen LogP contribution in [0.1, 0.15) is 29.3 Å². The summed E-state index contributed by atoms with van der Waals surface area (Å²) in [5.74, 6) is -0.132. The molecule has 5 heteroatoms. The molecule has 0 radical (unpaired) electrons. The second-order valence-electron chi connectivity index (χ2n) is 4.99. The molecule has 2 N–H and O–H groups in total. The van der Waals surface area contributed by atoms with E-state index in [4.69, 9.17) is 0 Å². The highest BCUT2D eigenvalue weighted by Crippen LogP contribution is 2.18. The molecule has 2 amide bonds. The molecule has 0 saturated heterocycles. The Balaban J connectivity index is 2.48. The standard InChI is InChI=1S/C15H23N3O2/c1-11-10-13(6-7-14(11)18(3)4)15(20)17-9-5-8-16-12(2)19/h6-7,10H,5,8-9H2,1-4H3,(H,16,19)(H,17,20). The molecule has 0 bridgehead atoms. The number of nitrogens with zero attached hydrogens (tertiary/aromatic N) is 1. The molecule has 0 aliphatic rings. The van der Waals surface area contributed by atoms with E-state index in [2.05, 4.69) is 10.6 Å². The Hall–Kier alpha value is -2.04. The maximum Gasteiger partial charge on any atom is 0.251 e. The molecule has 0 heterocycles. The minimum absolute atomic E-state index is 0.0498. The van der Waals surface area contributed by atoms with Crippen molar-refractivity contribution in [3.8, 4) is 0 Å². The largest absolute Gasteiger partial charge is 0.377 e. The van der Waals surface area contributed by atoms with E-state index in [-0.39, 0.29) is 11.8 Å². The molecule has 1 aromatic rings. The zero-order chi connectivity index (χ0) is 15.1. The van der Waals surface area contributed by atoms with Crippen molar-refractivity contribution in [1.82, 2.24) is 10.6 Å². The van der Waals surface area contributed by atoms with Gasteiger partial charge in [-0.05, 0) is 37.1 Å². The van der Waals surface area contributed by atoms with Gasteiger partial charge in [0.15, 0.2) is 0 Å². The molecule has 1 rings (SSSR count). The highest BCUT2D eigenvalue weighted by molar-refractivity contribution is 5.94. The van der Waals surface area contributed by atoms with Crippen LogP contribution in [0.2, 0.25) is 0 Å². The van der Waals surface area contributed by atoms with Crippen LogP contribution in [0.4, 0.5) is 5.69 Å². The summed E-state index contributed by atoms with van der Waals surface area (Å²) < 4.78 is 0. The van der Waals surface area contributed by atoms with E-state index in [1.54, 1.807) is 0 Å². The zero-order valence-electron chi connectivity index (χ0n) is 12.6. The van der Waals surface area contributed by atoms with Crippen molar-refractivity contribution < 1.29 is 9.59 Å². The third-order valence-corrected chi connectivity index (χ3v) is 2.95. The molecule has 0 atom stereocenters. The van der Waals surface area contributed by atoms with Crippen molar-refractivity contribution in [3.05, 3.63) is 29.3 Å². The first-order chi connectivity index (χ1) is 9.41. The van der Waals surface area contributed by atoms with Gasteiger partial charge in [0, 0.05) is 45.4 Å². The monoisotopic (exact) mass is 277 g/mol. The lowest BCUT2D eigenvalue weighted by Crippen LogP contribution is -2.28. The lowest BCUT2D eigenvalue weighted by atomic mass is 10.1. The van der Waals surface area contributed by atoms with E-state index in [1.807, 2.05) is 44.1 Å². The van der Waals surface area contributed by atoms with Gasteiger partial charge in [0.05, 0.1) is 0 Å². The third kappa shape index (κ3) is 4.91. The lowest BCUT2D eigenvalue weighted by Gasteiger charge is -2.16. The first-order valence-corrected chi connectivity index (χ1v) is 6.72. The van der Waals surface area contributed by atoms with Crippen LogP contribution in [0, 0.1) is 6.92 Å². The van der Waals surface area contributed by atoms with Crippen LogP contribution in [0.3, 0.4) is 0 Å². The number of amides is 2. The molecule has 110 valence electrons. The summed E-state index contributed by atoms with van der Waals surface area (Å²) in [5, 5.41) is 5.54. The predicted molar refractivity (Wildman–Crippen MR) is 81.1 cm³/mol. The van der Waals surface area contributed by atoms with Gasteiger partial charge < -0.3 is 15.5 Å². The van der Waals surface area contributed by atoms with Gasteiger partial charge in [0.25, 0.3) is 5.91 Å². The molecule has 0 aliphatic heterocycles. The van der Waals surface area contributed by atoms with E-state index in [0.717, 1.165) is 17.7 Å². The summed E-state index contributed by atoms with van der Waals surface area (Å²) >= 11 is 0. The number of hydrogen-bond acceptors (Lipinski definition) is 3. The first kappa shape index (κ1) is 16.0. The maximum atomic E-state index is 12.0. The third-order valence-electron chi connectivity index (χ3n) is 2.95. The Labute approximate surface area is 120 Å². The number of aryl methyl sites for hydroxylation is 1. The number of nitrogens with one attached hydrogen (secondary N) is 2. The van der Waals surface area contributed by atoms with Gasteiger partial charge >= 0.3 is 0 Å². The Morgan fingerprint density at radius 2 is 1.80 bits per heavy atom. The van der Waals surface area contributed by atoms with Crippen molar-refractivity contribution >= 4 is 17.5 Å². The summed E-state index contributed by atoms with van der Waals surface area (Å²) in [6.07, 6.45) is 0.722. The second-order valence-corrected chi connectivity index (χ2v) is 4.99. The van der Waals surface area contributed by atoms with Crippen LogP contribution < -0.4 is 15.5 Å². The lowest BCUT2D eigenvalue weighted by molar-refractivity contribution is -0.118. The minimum atomic E-state index is -0.0822. The number of carbonyl (C=O) groups is 2. The SMILES string of the molecule is CC(=O)NCCCNC(=O)c1ccc(N(C)C)c(C)c1. The fraction of sp³-hybridized carbons (Fsp3) is 0.467.